The van der Waals surface area contributed by atoms with Gasteiger partial charge in [-0.3, -0.25) is 9.36 Å². The monoisotopic (exact) mass is 148 g/mol. The van der Waals surface area contributed by atoms with Crippen molar-refractivity contribution in [1.82, 2.24) is 0 Å². The van der Waals surface area contributed by atoms with E-state index in [1.165, 1.54) is 0 Å². The quantitative estimate of drug-likeness (QED) is 0.615. The summed E-state index contributed by atoms with van der Waals surface area (Å²) in [5.74, 6) is -0.884. The molecule has 52 valence electrons. The molecule has 0 aromatic heterocycles. The van der Waals surface area contributed by atoms with Crippen LogP contribution >= 0.6 is 8.46 Å². The van der Waals surface area contributed by atoms with E-state index in [4.69, 9.17) is 5.11 Å². The zero-order chi connectivity index (χ0) is 7.28. The van der Waals surface area contributed by atoms with Crippen molar-refractivity contribution in [2.24, 2.45) is 0 Å². The second-order valence-corrected chi connectivity index (χ2v) is 2.71. The fourth-order valence-corrected chi connectivity index (χ4v) is 0.838. The fourth-order valence-electron chi connectivity index (χ4n) is 0.458. The lowest BCUT2D eigenvalue weighted by Crippen LogP contribution is -2.05. The van der Waals surface area contributed by atoms with Gasteiger partial charge >= 0.3 is 5.97 Å². The van der Waals surface area contributed by atoms with Crippen molar-refractivity contribution in [1.29, 1.82) is 0 Å². The molecule has 3 nitrogen and oxygen atoms in total. The molecule has 0 amide bonds. The van der Waals surface area contributed by atoms with Gasteiger partial charge in [-0.2, -0.15) is 0 Å². The van der Waals surface area contributed by atoms with Crippen molar-refractivity contribution < 1.29 is 14.5 Å². The average Bonchev–Trinajstić information content (AvgIpc) is 1.82. The topological polar surface area (TPSA) is 54.4 Å². The molecule has 0 aliphatic carbocycles. The van der Waals surface area contributed by atoms with Gasteiger partial charge in [-0.05, 0) is 6.42 Å². The summed E-state index contributed by atoms with van der Waals surface area (Å²) in [4.78, 5) is 9.98. The highest BCUT2D eigenvalue weighted by Gasteiger charge is 2.09. The SMILES string of the molecule is CCC(CC(=O)O)P=O. The van der Waals surface area contributed by atoms with Gasteiger partial charge in [-0.25, -0.2) is 0 Å². The first-order chi connectivity index (χ1) is 4.20. The minimum Gasteiger partial charge on any atom is -0.481 e. The number of hydrogen-bond acceptors (Lipinski definition) is 2. The van der Waals surface area contributed by atoms with E-state index < -0.39 is 5.97 Å². The summed E-state index contributed by atoms with van der Waals surface area (Å²) in [5, 5.41) is 8.20. The van der Waals surface area contributed by atoms with Crippen molar-refractivity contribution in [3.63, 3.8) is 0 Å². The van der Waals surface area contributed by atoms with Crippen molar-refractivity contribution >= 4 is 14.4 Å². The lowest BCUT2D eigenvalue weighted by Gasteiger charge is -1.98. The molecule has 0 aromatic rings. The van der Waals surface area contributed by atoms with Crippen LogP contribution in [0, 0.1) is 0 Å². The maximum absolute atomic E-state index is 10.1. The van der Waals surface area contributed by atoms with E-state index in [-0.39, 0.29) is 20.5 Å². The highest BCUT2D eigenvalue weighted by atomic mass is 31.1. The van der Waals surface area contributed by atoms with Crippen LogP contribution in [0.25, 0.3) is 0 Å². The van der Waals surface area contributed by atoms with Gasteiger partial charge in [0.05, 0.1) is 6.42 Å². The minimum absolute atomic E-state index is 0.00154. The first kappa shape index (κ1) is 8.57. The van der Waals surface area contributed by atoms with Crippen LogP contribution in [0.15, 0.2) is 0 Å². The molecule has 1 unspecified atom stereocenters. The molecule has 0 rings (SSSR count). The van der Waals surface area contributed by atoms with Crippen LogP contribution in [-0.4, -0.2) is 16.7 Å². The Morgan fingerprint density at radius 1 is 1.78 bits per heavy atom. The maximum atomic E-state index is 10.1. The second kappa shape index (κ2) is 4.45. The van der Waals surface area contributed by atoms with Crippen LogP contribution in [0.4, 0.5) is 0 Å². The molecule has 0 spiro atoms. The molecule has 0 bridgehead atoms. The van der Waals surface area contributed by atoms with E-state index in [1.54, 1.807) is 0 Å². The van der Waals surface area contributed by atoms with Crippen LogP contribution in [0.3, 0.4) is 0 Å². The lowest BCUT2D eigenvalue weighted by molar-refractivity contribution is -0.137. The highest BCUT2D eigenvalue weighted by molar-refractivity contribution is 7.24. The van der Waals surface area contributed by atoms with Crippen molar-refractivity contribution in [2.45, 2.75) is 25.4 Å². The molecule has 0 radical (unpaired) electrons. The Kier molecular flexibility index (Phi) is 4.24. The van der Waals surface area contributed by atoms with E-state index >= 15 is 0 Å². The Balaban J connectivity index is 3.55. The largest absolute Gasteiger partial charge is 0.481 e. The van der Waals surface area contributed by atoms with E-state index in [0.29, 0.717) is 6.42 Å². The number of hydrogen-bond donors (Lipinski definition) is 1. The third-order valence-electron chi connectivity index (χ3n) is 1.03. The van der Waals surface area contributed by atoms with Gasteiger partial charge in [-0.1, -0.05) is 6.92 Å². The minimum atomic E-state index is -0.884. The van der Waals surface area contributed by atoms with Crippen molar-refractivity contribution in [3.8, 4) is 0 Å². The first-order valence-corrected chi connectivity index (χ1v) is 3.63. The first-order valence-electron chi connectivity index (χ1n) is 2.75. The molecule has 0 saturated carbocycles. The predicted octanol–water partition coefficient (Wildman–Crippen LogP) is 1.53. The molecule has 1 N–H and O–H groups in total. The predicted molar refractivity (Wildman–Crippen MR) is 33.9 cm³/mol. The summed E-state index contributed by atoms with van der Waals surface area (Å²) in [6.45, 7) is 1.82. The Morgan fingerprint density at radius 2 is 2.33 bits per heavy atom. The molecule has 0 aliphatic rings. The second-order valence-electron chi connectivity index (χ2n) is 1.77. The number of carboxylic acid groups (broad SMARTS) is 1. The molecule has 0 aliphatic heterocycles. The highest BCUT2D eigenvalue weighted by Crippen LogP contribution is 2.13. The maximum Gasteiger partial charge on any atom is 0.304 e. The van der Waals surface area contributed by atoms with Gasteiger partial charge in [0.2, 0.25) is 0 Å². The number of rotatable bonds is 4. The van der Waals surface area contributed by atoms with Crippen LogP contribution < -0.4 is 0 Å². The smallest absolute Gasteiger partial charge is 0.304 e. The fraction of sp³-hybridized carbons (Fsp3) is 0.800. The van der Waals surface area contributed by atoms with Gasteiger partial charge in [0, 0.05) is 5.66 Å². The number of aliphatic carboxylic acids is 1. The Morgan fingerprint density at radius 3 is 2.44 bits per heavy atom. The summed E-state index contributed by atoms with van der Waals surface area (Å²) in [6, 6.07) is 0. The molecular weight excluding hydrogens is 139 g/mol. The van der Waals surface area contributed by atoms with Gasteiger partial charge in [0.25, 0.3) is 0 Å². The summed E-state index contributed by atoms with van der Waals surface area (Å²) < 4.78 is 10.1. The standard InChI is InChI=1S/C5H9O3P/c1-2-4(9-8)3-5(6)7/h4H,2-3H2,1H3,(H,6,7). The molecule has 0 saturated heterocycles. The zero-order valence-corrected chi connectivity index (χ0v) is 6.10. The van der Waals surface area contributed by atoms with Gasteiger partial charge < -0.3 is 5.11 Å². The van der Waals surface area contributed by atoms with Gasteiger partial charge in [-0.15, -0.1) is 0 Å². The Labute approximate surface area is 55.3 Å². The number of carbonyl (C=O) groups is 1. The molecule has 1 atom stereocenters. The Hall–Kier alpha value is -0.430. The van der Waals surface area contributed by atoms with E-state index in [9.17, 15) is 9.36 Å². The molecule has 4 heteroatoms. The summed E-state index contributed by atoms with van der Waals surface area (Å²) >= 11 is 0. The summed E-state index contributed by atoms with van der Waals surface area (Å²) in [6.07, 6.45) is 0.652. The Bertz CT molecular complexity index is 113. The molecule has 0 heterocycles. The van der Waals surface area contributed by atoms with E-state index in [2.05, 4.69) is 0 Å². The molecule has 9 heavy (non-hydrogen) atoms. The molecule has 0 fully saturated rings. The summed E-state index contributed by atoms with van der Waals surface area (Å²) in [7, 11) is -0.0609. The van der Waals surface area contributed by atoms with Gasteiger partial charge in [0.15, 0.2) is 8.46 Å². The van der Waals surface area contributed by atoms with Gasteiger partial charge in [0.1, 0.15) is 0 Å². The zero-order valence-electron chi connectivity index (χ0n) is 5.20. The third-order valence-corrected chi connectivity index (χ3v) is 1.88. The summed E-state index contributed by atoms with van der Waals surface area (Å²) in [5.41, 5.74) is -0.206. The number of carboxylic acids is 1. The lowest BCUT2D eigenvalue weighted by atomic mass is 10.2. The molecule has 0 aromatic carbocycles. The van der Waals surface area contributed by atoms with E-state index in [0.717, 1.165) is 0 Å². The van der Waals surface area contributed by atoms with Crippen LogP contribution in [0.1, 0.15) is 19.8 Å². The van der Waals surface area contributed by atoms with Crippen LogP contribution in [0.5, 0.6) is 0 Å². The van der Waals surface area contributed by atoms with Crippen LogP contribution in [-0.2, 0) is 9.36 Å². The average molecular weight is 148 g/mol. The normalized spacial score (nSPS) is 13.4. The third kappa shape index (κ3) is 4.10. The van der Waals surface area contributed by atoms with Crippen molar-refractivity contribution in [2.75, 3.05) is 0 Å². The molecular formula is C5H9O3P. The van der Waals surface area contributed by atoms with E-state index in [1.807, 2.05) is 6.92 Å². The van der Waals surface area contributed by atoms with Crippen LogP contribution in [0.2, 0.25) is 0 Å². The van der Waals surface area contributed by atoms with Crippen molar-refractivity contribution in [3.05, 3.63) is 0 Å².